The third kappa shape index (κ3) is 2.29. The molecule has 0 aliphatic carbocycles. The number of hydrogen-bond donors (Lipinski definition) is 1. The Morgan fingerprint density at radius 2 is 2.05 bits per heavy atom. The molecule has 20 heavy (non-hydrogen) atoms. The molecule has 0 spiro atoms. The molecule has 0 amide bonds. The Bertz CT molecular complexity index is 637. The molecule has 2 aromatic carbocycles. The Hall–Kier alpha value is -1.87. The molecule has 0 bridgehead atoms. The molecule has 0 radical (unpaired) electrons. The molecule has 1 heterocycles. The zero-order valence-electron chi connectivity index (χ0n) is 11.5. The van der Waals surface area contributed by atoms with Crippen LogP contribution in [0.15, 0.2) is 36.4 Å². The van der Waals surface area contributed by atoms with Gasteiger partial charge in [0.2, 0.25) is 0 Å². The first-order valence-electron chi connectivity index (χ1n) is 6.97. The van der Waals surface area contributed by atoms with Crippen molar-refractivity contribution < 1.29 is 9.13 Å². The van der Waals surface area contributed by atoms with E-state index in [9.17, 15) is 4.39 Å². The second-order valence-electron chi connectivity index (χ2n) is 5.27. The van der Waals surface area contributed by atoms with E-state index in [0.717, 1.165) is 35.3 Å². The largest absolute Gasteiger partial charge is 0.493 e. The van der Waals surface area contributed by atoms with Gasteiger partial charge in [-0.2, -0.15) is 0 Å². The van der Waals surface area contributed by atoms with E-state index in [1.165, 1.54) is 11.6 Å². The van der Waals surface area contributed by atoms with E-state index in [2.05, 4.69) is 6.07 Å². The predicted octanol–water partition coefficient (Wildman–Crippen LogP) is 3.84. The average Bonchev–Trinajstić information content (AvgIpc) is 2.46. The first-order chi connectivity index (χ1) is 9.66. The van der Waals surface area contributed by atoms with Gasteiger partial charge in [0.05, 0.1) is 6.61 Å². The van der Waals surface area contributed by atoms with Gasteiger partial charge in [0.1, 0.15) is 11.6 Å². The van der Waals surface area contributed by atoms with Crippen LogP contribution in [0.25, 0.3) is 11.1 Å². The summed E-state index contributed by atoms with van der Waals surface area (Å²) in [4.78, 5) is 0. The second kappa shape index (κ2) is 5.25. The van der Waals surface area contributed by atoms with Gasteiger partial charge in [0, 0.05) is 11.6 Å². The standard InChI is InChI=1S/C17H18FNO/c1-11(19)14-8-7-13(18)10-16(14)15-6-2-4-12-5-3-9-20-17(12)15/h2,4,6-8,10-11H,3,5,9,19H2,1H3. The summed E-state index contributed by atoms with van der Waals surface area (Å²) in [6, 6.07) is 10.7. The average molecular weight is 271 g/mol. The molecule has 2 nitrogen and oxygen atoms in total. The number of nitrogens with two attached hydrogens (primary N) is 1. The van der Waals surface area contributed by atoms with Crippen LogP contribution in [0.3, 0.4) is 0 Å². The monoisotopic (exact) mass is 271 g/mol. The lowest BCUT2D eigenvalue weighted by Crippen LogP contribution is -2.11. The van der Waals surface area contributed by atoms with Crippen molar-refractivity contribution in [2.24, 2.45) is 5.73 Å². The second-order valence-corrected chi connectivity index (χ2v) is 5.27. The zero-order chi connectivity index (χ0) is 14.1. The van der Waals surface area contributed by atoms with Crippen LogP contribution in [0.5, 0.6) is 5.75 Å². The molecule has 3 heteroatoms. The van der Waals surface area contributed by atoms with Gasteiger partial charge in [-0.3, -0.25) is 0 Å². The molecule has 1 unspecified atom stereocenters. The molecule has 0 saturated carbocycles. The number of ether oxygens (including phenoxy) is 1. The maximum absolute atomic E-state index is 13.6. The minimum Gasteiger partial charge on any atom is -0.493 e. The van der Waals surface area contributed by atoms with Crippen molar-refractivity contribution in [2.45, 2.75) is 25.8 Å². The van der Waals surface area contributed by atoms with Gasteiger partial charge in [-0.05, 0) is 48.6 Å². The molecular formula is C17H18FNO. The Balaban J connectivity index is 2.21. The molecule has 0 saturated heterocycles. The summed E-state index contributed by atoms with van der Waals surface area (Å²) in [6.07, 6.45) is 2.03. The Morgan fingerprint density at radius 3 is 2.85 bits per heavy atom. The fourth-order valence-corrected chi connectivity index (χ4v) is 2.76. The van der Waals surface area contributed by atoms with Crippen molar-refractivity contribution in [3.63, 3.8) is 0 Å². The highest BCUT2D eigenvalue weighted by Gasteiger charge is 2.18. The lowest BCUT2D eigenvalue weighted by molar-refractivity contribution is 0.289. The van der Waals surface area contributed by atoms with Crippen LogP contribution in [-0.4, -0.2) is 6.61 Å². The van der Waals surface area contributed by atoms with Gasteiger partial charge in [-0.15, -0.1) is 0 Å². The fourth-order valence-electron chi connectivity index (χ4n) is 2.76. The maximum Gasteiger partial charge on any atom is 0.130 e. The minimum absolute atomic E-state index is 0.148. The molecule has 2 N–H and O–H groups in total. The summed E-state index contributed by atoms with van der Waals surface area (Å²) >= 11 is 0. The summed E-state index contributed by atoms with van der Waals surface area (Å²) in [5.41, 5.74) is 9.91. The van der Waals surface area contributed by atoms with Crippen LogP contribution < -0.4 is 10.5 Å². The van der Waals surface area contributed by atoms with Crippen molar-refractivity contribution in [1.82, 2.24) is 0 Å². The lowest BCUT2D eigenvalue weighted by Gasteiger charge is -2.22. The summed E-state index contributed by atoms with van der Waals surface area (Å²) < 4.78 is 19.5. The van der Waals surface area contributed by atoms with Crippen LogP contribution in [0.1, 0.15) is 30.5 Å². The van der Waals surface area contributed by atoms with Gasteiger partial charge in [0.25, 0.3) is 0 Å². The molecular weight excluding hydrogens is 253 g/mol. The first kappa shape index (κ1) is 13.1. The fraction of sp³-hybridized carbons (Fsp3) is 0.294. The topological polar surface area (TPSA) is 35.2 Å². The number of rotatable bonds is 2. The van der Waals surface area contributed by atoms with Gasteiger partial charge in [0.15, 0.2) is 0 Å². The Morgan fingerprint density at radius 1 is 1.20 bits per heavy atom. The first-order valence-corrected chi connectivity index (χ1v) is 6.97. The van der Waals surface area contributed by atoms with Crippen molar-refractivity contribution >= 4 is 0 Å². The van der Waals surface area contributed by atoms with Crippen LogP contribution in [0, 0.1) is 5.82 Å². The quantitative estimate of drug-likeness (QED) is 0.900. The Labute approximate surface area is 118 Å². The highest BCUT2D eigenvalue weighted by molar-refractivity contribution is 5.75. The lowest BCUT2D eigenvalue weighted by atomic mass is 9.92. The number of hydrogen-bond acceptors (Lipinski definition) is 2. The van der Waals surface area contributed by atoms with Crippen LogP contribution in [0.4, 0.5) is 4.39 Å². The smallest absolute Gasteiger partial charge is 0.130 e. The van der Waals surface area contributed by atoms with Gasteiger partial charge in [-0.1, -0.05) is 24.3 Å². The van der Waals surface area contributed by atoms with Crippen molar-refractivity contribution in [1.29, 1.82) is 0 Å². The maximum atomic E-state index is 13.6. The van der Waals surface area contributed by atoms with Gasteiger partial charge >= 0.3 is 0 Å². The van der Waals surface area contributed by atoms with Crippen LogP contribution in [-0.2, 0) is 6.42 Å². The number of para-hydroxylation sites is 1. The number of benzene rings is 2. The normalized spacial score (nSPS) is 15.3. The molecule has 3 rings (SSSR count). The van der Waals surface area contributed by atoms with E-state index in [0.29, 0.717) is 6.61 Å². The molecule has 1 aliphatic rings. The van der Waals surface area contributed by atoms with Crippen LogP contribution >= 0.6 is 0 Å². The van der Waals surface area contributed by atoms with E-state index in [1.807, 2.05) is 19.1 Å². The summed E-state index contributed by atoms with van der Waals surface area (Å²) in [5, 5.41) is 0. The third-order valence-corrected chi connectivity index (χ3v) is 3.73. The third-order valence-electron chi connectivity index (χ3n) is 3.73. The van der Waals surface area contributed by atoms with E-state index >= 15 is 0 Å². The summed E-state index contributed by atoms with van der Waals surface area (Å²) in [7, 11) is 0. The highest BCUT2D eigenvalue weighted by Crippen LogP contribution is 2.39. The van der Waals surface area contributed by atoms with Gasteiger partial charge < -0.3 is 10.5 Å². The predicted molar refractivity (Wildman–Crippen MR) is 78.3 cm³/mol. The van der Waals surface area contributed by atoms with Crippen molar-refractivity contribution in [2.75, 3.05) is 6.61 Å². The zero-order valence-corrected chi connectivity index (χ0v) is 11.5. The van der Waals surface area contributed by atoms with E-state index in [-0.39, 0.29) is 11.9 Å². The molecule has 2 aromatic rings. The number of aryl methyl sites for hydroxylation is 1. The molecule has 1 atom stereocenters. The molecule has 104 valence electrons. The number of fused-ring (bicyclic) bond motifs is 1. The summed E-state index contributed by atoms with van der Waals surface area (Å²) in [6.45, 7) is 2.62. The molecule has 0 aromatic heterocycles. The molecule has 0 fully saturated rings. The van der Waals surface area contributed by atoms with E-state index < -0.39 is 0 Å². The van der Waals surface area contributed by atoms with Crippen molar-refractivity contribution in [3.05, 3.63) is 53.3 Å². The van der Waals surface area contributed by atoms with Crippen LogP contribution in [0.2, 0.25) is 0 Å². The Kier molecular flexibility index (Phi) is 3.45. The molecule has 1 aliphatic heterocycles. The van der Waals surface area contributed by atoms with E-state index in [4.69, 9.17) is 10.5 Å². The van der Waals surface area contributed by atoms with Crippen molar-refractivity contribution in [3.8, 4) is 16.9 Å². The SMILES string of the molecule is CC(N)c1ccc(F)cc1-c1cccc2c1OCCC2. The minimum atomic E-state index is -0.252. The van der Waals surface area contributed by atoms with Gasteiger partial charge in [-0.25, -0.2) is 4.39 Å². The summed E-state index contributed by atoms with van der Waals surface area (Å²) in [5.74, 6) is 0.629. The highest BCUT2D eigenvalue weighted by atomic mass is 19.1. The van der Waals surface area contributed by atoms with E-state index in [1.54, 1.807) is 12.1 Å². The number of halogens is 1.